The summed E-state index contributed by atoms with van der Waals surface area (Å²) in [5, 5.41) is 1.04. The van der Waals surface area contributed by atoms with Crippen LogP contribution in [0.3, 0.4) is 0 Å². The number of para-hydroxylation sites is 1. The molecule has 0 radical (unpaired) electrons. The van der Waals surface area contributed by atoms with Crippen molar-refractivity contribution in [1.29, 1.82) is 0 Å². The second kappa shape index (κ2) is 6.62. The maximum absolute atomic E-state index is 13.7. The first-order valence-electron chi connectivity index (χ1n) is 6.64. The first-order valence-corrected chi connectivity index (χ1v) is 8.01. The van der Waals surface area contributed by atoms with Gasteiger partial charge in [-0.3, -0.25) is 0 Å². The number of aromatic nitrogens is 1. The Morgan fingerprint density at radius 3 is 2.68 bits per heavy atom. The Morgan fingerprint density at radius 1 is 1.23 bits per heavy atom. The molecule has 1 saturated heterocycles. The number of nitrogens with zero attached hydrogens (tertiary/aromatic N) is 3. The summed E-state index contributed by atoms with van der Waals surface area (Å²) in [6.45, 7) is 1.34. The molecule has 2 aromatic rings. The van der Waals surface area contributed by atoms with E-state index in [-0.39, 0.29) is 5.69 Å². The zero-order valence-corrected chi connectivity index (χ0v) is 13.0. The van der Waals surface area contributed by atoms with Crippen LogP contribution in [0.5, 0.6) is 0 Å². The molecule has 3 rings (SSSR count). The van der Waals surface area contributed by atoms with Crippen molar-refractivity contribution < 1.29 is 8.78 Å². The summed E-state index contributed by atoms with van der Waals surface area (Å²) in [6.07, 6.45) is 1.69. The minimum absolute atomic E-state index is 0.244. The second-order valence-electron chi connectivity index (χ2n) is 4.72. The van der Waals surface area contributed by atoms with E-state index < -0.39 is 11.6 Å². The molecular weight excluding hydrogens is 328 g/mol. The Balaban J connectivity index is 1.83. The van der Waals surface area contributed by atoms with Crippen LogP contribution in [0, 0.1) is 11.6 Å². The van der Waals surface area contributed by atoms with Crippen molar-refractivity contribution in [3.05, 3.63) is 58.9 Å². The molecule has 0 spiro atoms. The molecule has 3 nitrogen and oxygen atoms in total. The first kappa shape index (κ1) is 15.2. The van der Waals surface area contributed by atoms with Crippen molar-refractivity contribution in [2.75, 3.05) is 12.3 Å². The number of aliphatic imine (C=N–C) groups is 1. The zero-order valence-electron chi connectivity index (χ0n) is 11.5. The summed E-state index contributed by atoms with van der Waals surface area (Å²) < 4.78 is 27.4. The van der Waals surface area contributed by atoms with Crippen molar-refractivity contribution in [2.45, 2.75) is 6.54 Å². The van der Waals surface area contributed by atoms with E-state index in [0.29, 0.717) is 16.9 Å². The molecule has 1 aromatic carbocycles. The van der Waals surface area contributed by atoms with Crippen molar-refractivity contribution in [1.82, 2.24) is 9.88 Å². The number of amidine groups is 1. The van der Waals surface area contributed by atoms with E-state index in [1.54, 1.807) is 12.3 Å². The van der Waals surface area contributed by atoms with Gasteiger partial charge in [-0.15, -0.1) is 0 Å². The highest BCUT2D eigenvalue weighted by atomic mass is 35.5. The molecule has 0 atom stereocenters. The predicted octanol–water partition coefficient (Wildman–Crippen LogP) is 4.25. The molecule has 1 aliphatic heterocycles. The van der Waals surface area contributed by atoms with Crippen LogP contribution >= 0.6 is 23.4 Å². The molecule has 1 aliphatic rings. The number of hydrogen-bond donors (Lipinski definition) is 0. The quantitative estimate of drug-likeness (QED) is 0.783. The molecule has 22 heavy (non-hydrogen) atoms. The van der Waals surface area contributed by atoms with Crippen LogP contribution in [-0.2, 0) is 6.54 Å². The van der Waals surface area contributed by atoms with Crippen molar-refractivity contribution in [3.63, 3.8) is 0 Å². The van der Waals surface area contributed by atoms with E-state index in [1.807, 2.05) is 11.0 Å². The van der Waals surface area contributed by atoms with Gasteiger partial charge in [-0.1, -0.05) is 35.5 Å². The Bertz CT molecular complexity index is 686. The molecule has 2 heterocycles. The third-order valence-corrected chi connectivity index (χ3v) is 4.39. The van der Waals surface area contributed by atoms with Crippen LogP contribution < -0.4 is 0 Å². The standard InChI is InChI=1S/C15H12ClF2N3S/c16-13-5-4-10(8-19-13)9-21-6-7-22-15(21)20-14-11(17)2-1-3-12(14)18/h1-5,8H,6-7,9H2. The Labute approximate surface area is 136 Å². The smallest absolute Gasteiger partial charge is 0.165 e. The Hall–Kier alpha value is -1.66. The average Bonchev–Trinajstić information content (AvgIpc) is 2.93. The highest BCUT2D eigenvalue weighted by Crippen LogP contribution is 2.27. The summed E-state index contributed by atoms with van der Waals surface area (Å²) in [7, 11) is 0. The summed E-state index contributed by atoms with van der Waals surface area (Å²) in [5.41, 5.74) is 0.722. The van der Waals surface area contributed by atoms with Crippen LogP contribution in [0.2, 0.25) is 5.15 Å². The first-order chi connectivity index (χ1) is 10.6. The number of rotatable bonds is 3. The number of thioether (sulfide) groups is 1. The van der Waals surface area contributed by atoms with Gasteiger partial charge in [-0.25, -0.2) is 18.8 Å². The normalized spacial score (nSPS) is 16.5. The van der Waals surface area contributed by atoms with E-state index in [9.17, 15) is 8.78 Å². The Morgan fingerprint density at radius 2 is 2.00 bits per heavy atom. The fourth-order valence-electron chi connectivity index (χ4n) is 2.10. The SMILES string of the molecule is Fc1cccc(F)c1N=C1SCCN1Cc1ccc(Cl)nc1. The summed E-state index contributed by atoms with van der Waals surface area (Å²) in [4.78, 5) is 10.2. The van der Waals surface area contributed by atoms with Gasteiger partial charge in [0.15, 0.2) is 16.8 Å². The van der Waals surface area contributed by atoms with E-state index in [0.717, 1.165) is 17.9 Å². The van der Waals surface area contributed by atoms with Crippen LogP contribution in [-0.4, -0.2) is 27.3 Å². The monoisotopic (exact) mass is 339 g/mol. The minimum atomic E-state index is -0.659. The molecule has 0 aliphatic carbocycles. The number of benzene rings is 1. The molecule has 0 amide bonds. The lowest BCUT2D eigenvalue weighted by Gasteiger charge is -2.17. The predicted molar refractivity (Wildman–Crippen MR) is 85.6 cm³/mol. The van der Waals surface area contributed by atoms with Crippen LogP contribution in [0.4, 0.5) is 14.5 Å². The highest BCUT2D eigenvalue weighted by molar-refractivity contribution is 8.14. The van der Waals surface area contributed by atoms with Gasteiger partial charge >= 0.3 is 0 Å². The molecule has 0 bridgehead atoms. The molecule has 1 aromatic heterocycles. The largest absolute Gasteiger partial charge is 0.346 e. The molecule has 0 unspecified atom stereocenters. The van der Waals surface area contributed by atoms with E-state index in [2.05, 4.69) is 9.98 Å². The summed E-state index contributed by atoms with van der Waals surface area (Å²) in [5.74, 6) is -0.489. The topological polar surface area (TPSA) is 28.5 Å². The van der Waals surface area contributed by atoms with Gasteiger partial charge in [0.05, 0.1) is 0 Å². The molecule has 7 heteroatoms. The maximum Gasteiger partial charge on any atom is 0.165 e. The molecule has 1 fully saturated rings. The summed E-state index contributed by atoms with van der Waals surface area (Å²) >= 11 is 7.24. The average molecular weight is 340 g/mol. The number of pyridine rings is 1. The lowest BCUT2D eigenvalue weighted by Crippen LogP contribution is -2.23. The lowest BCUT2D eigenvalue weighted by atomic mass is 10.2. The van der Waals surface area contributed by atoms with E-state index in [1.165, 1.54) is 30.0 Å². The van der Waals surface area contributed by atoms with Gasteiger partial charge in [-0.05, 0) is 23.8 Å². The van der Waals surface area contributed by atoms with Crippen LogP contribution in [0.25, 0.3) is 0 Å². The maximum atomic E-state index is 13.7. The van der Waals surface area contributed by atoms with Crippen molar-refractivity contribution in [3.8, 4) is 0 Å². The third-order valence-electron chi connectivity index (χ3n) is 3.17. The lowest BCUT2D eigenvalue weighted by molar-refractivity contribution is 0.456. The van der Waals surface area contributed by atoms with Crippen LogP contribution in [0.1, 0.15) is 5.56 Å². The Kier molecular flexibility index (Phi) is 4.59. The van der Waals surface area contributed by atoms with Gasteiger partial charge in [-0.2, -0.15) is 0 Å². The highest BCUT2D eigenvalue weighted by Gasteiger charge is 2.21. The number of halogens is 3. The van der Waals surface area contributed by atoms with E-state index >= 15 is 0 Å². The van der Waals surface area contributed by atoms with Gasteiger partial charge in [0, 0.05) is 25.0 Å². The second-order valence-corrected chi connectivity index (χ2v) is 6.17. The van der Waals surface area contributed by atoms with Gasteiger partial charge in [0.2, 0.25) is 0 Å². The third kappa shape index (κ3) is 3.39. The molecular formula is C15H12ClF2N3S. The fraction of sp³-hybridized carbons (Fsp3) is 0.200. The molecule has 114 valence electrons. The zero-order chi connectivity index (χ0) is 15.5. The van der Waals surface area contributed by atoms with Crippen LogP contribution in [0.15, 0.2) is 41.5 Å². The summed E-state index contributed by atoms with van der Waals surface area (Å²) in [6, 6.07) is 7.32. The van der Waals surface area contributed by atoms with E-state index in [4.69, 9.17) is 11.6 Å². The molecule has 0 N–H and O–H groups in total. The van der Waals surface area contributed by atoms with Gasteiger partial charge < -0.3 is 4.90 Å². The molecule has 0 saturated carbocycles. The van der Waals surface area contributed by atoms with Crippen molar-refractivity contribution in [2.24, 2.45) is 4.99 Å². The fourth-order valence-corrected chi connectivity index (χ4v) is 3.20. The van der Waals surface area contributed by atoms with Crippen molar-refractivity contribution >= 4 is 34.2 Å². The number of hydrogen-bond acceptors (Lipinski definition) is 3. The van der Waals surface area contributed by atoms with Gasteiger partial charge in [0.1, 0.15) is 10.8 Å². The minimum Gasteiger partial charge on any atom is -0.346 e. The van der Waals surface area contributed by atoms with Gasteiger partial charge in [0.25, 0.3) is 0 Å².